The van der Waals surface area contributed by atoms with Crippen LogP contribution < -0.4 is 5.32 Å². The smallest absolute Gasteiger partial charge is 0.134 e. The monoisotopic (exact) mass is 247 g/mol. The zero-order valence-electron chi connectivity index (χ0n) is 11.9. The van der Waals surface area contributed by atoms with Gasteiger partial charge in [-0.2, -0.15) is 0 Å². The van der Waals surface area contributed by atoms with Gasteiger partial charge in [-0.1, -0.05) is 26.2 Å². The summed E-state index contributed by atoms with van der Waals surface area (Å²) in [4.78, 5) is 9.58. The third-order valence-corrected chi connectivity index (χ3v) is 3.91. The first-order valence-corrected chi connectivity index (χ1v) is 7.37. The van der Waals surface area contributed by atoms with Crippen molar-refractivity contribution in [3.05, 3.63) is 17.1 Å². The van der Waals surface area contributed by atoms with Crippen LogP contribution in [0.25, 0.3) is 0 Å². The lowest BCUT2D eigenvalue weighted by molar-refractivity contribution is 0.428. The second-order valence-electron chi connectivity index (χ2n) is 5.22. The van der Waals surface area contributed by atoms with Crippen molar-refractivity contribution in [2.24, 2.45) is 0 Å². The van der Waals surface area contributed by atoms with Crippen molar-refractivity contribution in [2.75, 3.05) is 11.9 Å². The van der Waals surface area contributed by atoms with Crippen LogP contribution in [0, 0.1) is 6.92 Å². The quantitative estimate of drug-likeness (QED) is 0.878. The molecule has 1 aliphatic carbocycles. The topological polar surface area (TPSA) is 37.8 Å². The van der Waals surface area contributed by atoms with Gasteiger partial charge in [-0.15, -0.1) is 0 Å². The van der Waals surface area contributed by atoms with Crippen LogP contribution in [0.15, 0.2) is 0 Å². The third-order valence-electron chi connectivity index (χ3n) is 3.91. The van der Waals surface area contributed by atoms with Gasteiger partial charge in [0.1, 0.15) is 11.6 Å². The Hall–Kier alpha value is -1.12. The van der Waals surface area contributed by atoms with Crippen LogP contribution in [-0.2, 0) is 6.42 Å². The molecule has 100 valence electrons. The van der Waals surface area contributed by atoms with Crippen molar-refractivity contribution in [1.29, 1.82) is 0 Å². The lowest BCUT2D eigenvalue weighted by Crippen LogP contribution is -2.14. The van der Waals surface area contributed by atoms with Gasteiger partial charge in [0.05, 0.1) is 0 Å². The highest BCUT2D eigenvalue weighted by Gasteiger charge is 2.20. The van der Waals surface area contributed by atoms with Crippen LogP contribution in [0.1, 0.15) is 69.0 Å². The van der Waals surface area contributed by atoms with E-state index in [9.17, 15) is 0 Å². The Morgan fingerprint density at radius 3 is 2.44 bits per heavy atom. The molecule has 1 N–H and O–H groups in total. The summed E-state index contributed by atoms with van der Waals surface area (Å²) < 4.78 is 0. The molecule has 1 heterocycles. The Bertz CT molecular complexity index is 395. The molecule has 3 nitrogen and oxygen atoms in total. The molecule has 1 aromatic rings. The second kappa shape index (κ2) is 6.17. The Morgan fingerprint density at radius 2 is 1.83 bits per heavy atom. The van der Waals surface area contributed by atoms with Gasteiger partial charge >= 0.3 is 0 Å². The number of aryl methyl sites for hydroxylation is 1. The van der Waals surface area contributed by atoms with Gasteiger partial charge in [-0.25, -0.2) is 9.97 Å². The molecule has 3 heteroatoms. The number of hydrogen-bond acceptors (Lipinski definition) is 3. The van der Waals surface area contributed by atoms with Gasteiger partial charge < -0.3 is 5.32 Å². The van der Waals surface area contributed by atoms with Crippen molar-refractivity contribution >= 4 is 5.82 Å². The van der Waals surface area contributed by atoms with E-state index in [0.29, 0.717) is 5.92 Å². The maximum Gasteiger partial charge on any atom is 0.134 e. The van der Waals surface area contributed by atoms with Gasteiger partial charge in [0.15, 0.2) is 0 Å². The first-order valence-electron chi connectivity index (χ1n) is 7.37. The standard InChI is InChI=1S/C15H25N3/c1-4-13-11(3)14(16-5-2)18-15(17-13)12-9-7-6-8-10-12/h12H,4-10H2,1-3H3,(H,16,17,18). The van der Waals surface area contributed by atoms with Crippen molar-refractivity contribution in [2.45, 2.75) is 65.2 Å². The molecule has 1 aromatic heterocycles. The van der Waals surface area contributed by atoms with Crippen molar-refractivity contribution in [3.63, 3.8) is 0 Å². The predicted molar refractivity (Wildman–Crippen MR) is 76.1 cm³/mol. The van der Waals surface area contributed by atoms with E-state index in [1.165, 1.54) is 43.4 Å². The summed E-state index contributed by atoms with van der Waals surface area (Å²) in [7, 11) is 0. The molecule has 0 radical (unpaired) electrons. The molecule has 1 fully saturated rings. The van der Waals surface area contributed by atoms with E-state index in [-0.39, 0.29) is 0 Å². The molecule has 0 aromatic carbocycles. The Balaban J connectivity index is 2.31. The van der Waals surface area contributed by atoms with E-state index in [2.05, 4.69) is 26.1 Å². The zero-order chi connectivity index (χ0) is 13.0. The highest BCUT2D eigenvalue weighted by Crippen LogP contribution is 2.32. The molecule has 1 aliphatic rings. The number of nitrogens with one attached hydrogen (secondary N) is 1. The van der Waals surface area contributed by atoms with Crippen molar-refractivity contribution in [1.82, 2.24) is 9.97 Å². The van der Waals surface area contributed by atoms with E-state index in [1.807, 2.05) is 0 Å². The predicted octanol–water partition coefficient (Wildman–Crippen LogP) is 3.83. The van der Waals surface area contributed by atoms with Gasteiger partial charge in [-0.3, -0.25) is 0 Å². The van der Waals surface area contributed by atoms with Crippen LogP contribution in [0.3, 0.4) is 0 Å². The molecule has 2 rings (SSSR count). The average molecular weight is 247 g/mol. The summed E-state index contributed by atoms with van der Waals surface area (Å²) in [5.41, 5.74) is 2.43. The molecular weight excluding hydrogens is 222 g/mol. The van der Waals surface area contributed by atoms with Gasteiger partial charge in [-0.05, 0) is 33.1 Å². The molecule has 0 amide bonds. The largest absolute Gasteiger partial charge is 0.370 e. The lowest BCUT2D eigenvalue weighted by atomic mass is 9.88. The van der Waals surface area contributed by atoms with Crippen LogP contribution in [-0.4, -0.2) is 16.5 Å². The fraction of sp³-hybridized carbons (Fsp3) is 0.733. The summed E-state index contributed by atoms with van der Waals surface area (Å²) in [5.74, 6) is 2.71. The summed E-state index contributed by atoms with van der Waals surface area (Å²) >= 11 is 0. The number of rotatable bonds is 4. The van der Waals surface area contributed by atoms with E-state index >= 15 is 0 Å². The normalized spacial score (nSPS) is 16.8. The summed E-state index contributed by atoms with van der Waals surface area (Å²) in [6.07, 6.45) is 7.56. The minimum Gasteiger partial charge on any atom is -0.370 e. The first-order chi connectivity index (χ1) is 8.76. The first kappa shape index (κ1) is 13.3. The lowest BCUT2D eigenvalue weighted by Gasteiger charge is -2.22. The Morgan fingerprint density at radius 1 is 1.11 bits per heavy atom. The molecule has 0 atom stereocenters. The minimum absolute atomic E-state index is 0.585. The number of anilines is 1. The van der Waals surface area contributed by atoms with E-state index in [1.54, 1.807) is 0 Å². The van der Waals surface area contributed by atoms with Crippen LogP contribution in [0.2, 0.25) is 0 Å². The van der Waals surface area contributed by atoms with Crippen LogP contribution in [0.5, 0.6) is 0 Å². The van der Waals surface area contributed by atoms with Gasteiger partial charge in [0.25, 0.3) is 0 Å². The summed E-state index contributed by atoms with van der Waals surface area (Å²) in [6.45, 7) is 7.34. The molecule has 0 bridgehead atoms. The SMILES string of the molecule is CCNc1nc(C2CCCCC2)nc(CC)c1C. The van der Waals surface area contributed by atoms with Gasteiger partial charge in [0, 0.05) is 23.7 Å². The van der Waals surface area contributed by atoms with E-state index in [0.717, 1.165) is 24.6 Å². The van der Waals surface area contributed by atoms with Crippen molar-refractivity contribution < 1.29 is 0 Å². The van der Waals surface area contributed by atoms with E-state index < -0.39 is 0 Å². The maximum absolute atomic E-state index is 4.81. The molecule has 0 spiro atoms. The fourth-order valence-corrected chi connectivity index (χ4v) is 2.81. The van der Waals surface area contributed by atoms with E-state index in [4.69, 9.17) is 9.97 Å². The Kier molecular flexibility index (Phi) is 4.56. The molecule has 0 aliphatic heterocycles. The van der Waals surface area contributed by atoms with Gasteiger partial charge in [0.2, 0.25) is 0 Å². The summed E-state index contributed by atoms with van der Waals surface area (Å²) in [5, 5.41) is 3.38. The average Bonchev–Trinajstić information content (AvgIpc) is 2.42. The minimum atomic E-state index is 0.585. The molecule has 18 heavy (non-hydrogen) atoms. The van der Waals surface area contributed by atoms with Crippen LogP contribution in [0.4, 0.5) is 5.82 Å². The zero-order valence-corrected chi connectivity index (χ0v) is 11.9. The summed E-state index contributed by atoms with van der Waals surface area (Å²) in [6, 6.07) is 0. The highest BCUT2D eigenvalue weighted by molar-refractivity contribution is 5.46. The number of nitrogens with zero attached hydrogens (tertiary/aromatic N) is 2. The second-order valence-corrected chi connectivity index (χ2v) is 5.22. The Labute approximate surface area is 110 Å². The molecular formula is C15H25N3. The van der Waals surface area contributed by atoms with Crippen molar-refractivity contribution in [3.8, 4) is 0 Å². The maximum atomic E-state index is 4.81. The number of hydrogen-bond donors (Lipinski definition) is 1. The highest BCUT2D eigenvalue weighted by atomic mass is 15.0. The fourth-order valence-electron chi connectivity index (χ4n) is 2.81. The van der Waals surface area contributed by atoms with Crippen LogP contribution >= 0.6 is 0 Å². The molecule has 0 saturated heterocycles. The molecule has 1 saturated carbocycles. The number of aromatic nitrogens is 2. The third kappa shape index (κ3) is 2.82. The molecule has 0 unspecified atom stereocenters.